The van der Waals surface area contributed by atoms with Gasteiger partial charge in [-0.3, -0.25) is 19.7 Å². The number of nitrogens with zero attached hydrogens (tertiary/aromatic N) is 1. The number of ether oxygens (including phenoxy) is 3. The zero-order valence-electron chi connectivity index (χ0n) is 13.7. The van der Waals surface area contributed by atoms with Gasteiger partial charge in [-0.1, -0.05) is 0 Å². The lowest BCUT2D eigenvalue weighted by Crippen LogP contribution is -2.38. The predicted octanol–water partition coefficient (Wildman–Crippen LogP) is -0.451. The van der Waals surface area contributed by atoms with Gasteiger partial charge in [-0.05, 0) is 12.1 Å². The van der Waals surface area contributed by atoms with E-state index in [1.165, 1.54) is 4.90 Å². The normalized spacial score (nSPS) is 18.4. The second kappa shape index (κ2) is 7.30. The molecule has 138 valence electrons. The number of anilines is 1. The summed E-state index contributed by atoms with van der Waals surface area (Å²) >= 11 is 0. The number of urea groups is 1. The summed E-state index contributed by atoms with van der Waals surface area (Å²) in [5.41, 5.74) is 5.37. The molecular weight excluding hydrogens is 346 g/mol. The van der Waals surface area contributed by atoms with Gasteiger partial charge in [0.15, 0.2) is 18.1 Å². The molecule has 3 rings (SSSR count). The average molecular weight is 363 g/mol. The fraction of sp³-hybridized carbons (Fsp3) is 0.375. The Morgan fingerprint density at radius 2 is 1.96 bits per heavy atom. The quantitative estimate of drug-likeness (QED) is 0.691. The van der Waals surface area contributed by atoms with E-state index in [0.29, 0.717) is 30.4 Å². The Morgan fingerprint density at radius 1 is 1.23 bits per heavy atom. The van der Waals surface area contributed by atoms with Gasteiger partial charge in [0.1, 0.15) is 13.2 Å². The lowest BCUT2D eigenvalue weighted by Gasteiger charge is -2.22. The van der Waals surface area contributed by atoms with Crippen LogP contribution in [0.4, 0.5) is 10.5 Å². The Balaban J connectivity index is 1.60. The molecule has 10 nitrogen and oxygen atoms in total. The highest BCUT2D eigenvalue weighted by Crippen LogP contribution is 2.36. The lowest BCUT2D eigenvalue weighted by molar-refractivity contribution is -0.152. The second-order valence-electron chi connectivity index (χ2n) is 5.75. The van der Waals surface area contributed by atoms with Crippen molar-refractivity contribution in [2.75, 3.05) is 31.3 Å². The third-order valence-electron chi connectivity index (χ3n) is 3.90. The van der Waals surface area contributed by atoms with E-state index in [9.17, 15) is 19.2 Å². The van der Waals surface area contributed by atoms with Crippen molar-refractivity contribution in [3.63, 3.8) is 0 Å². The van der Waals surface area contributed by atoms with E-state index in [4.69, 9.17) is 19.9 Å². The molecule has 0 bridgehead atoms. The van der Waals surface area contributed by atoms with Gasteiger partial charge in [0.05, 0.1) is 5.92 Å². The van der Waals surface area contributed by atoms with E-state index in [0.717, 1.165) is 0 Å². The molecule has 0 radical (unpaired) electrons. The third kappa shape index (κ3) is 3.85. The summed E-state index contributed by atoms with van der Waals surface area (Å²) in [6.07, 6.45) is -0.0370. The minimum absolute atomic E-state index is 0.0370. The number of hydrogen-bond acceptors (Lipinski definition) is 7. The molecule has 2 heterocycles. The van der Waals surface area contributed by atoms with E-state index >= 15 is 0 Å². The van der Waals surface area contributed by atoms with E-state index in [2.05, 4.69) is 0 Å². The molecule has 3 N–H and O–H groups in total. The summed E-state index contributed by atoms with van der Waals surface area (Å²) in [6.45, 7) is 0.365. The number of imide groups is 1. The smallest absolute Gasteiger partial charge is 0.318 e. The standard InChI is InChI=1S/C16H17N3O7/c17-16(23)18-13(20)8-26-15(22)9-5-14(21)19(7-9)10-1-2-11-12(6-10)25-4-3-24-11/h1-2,6,9H,3-5,7-8H2,(H3,17,18,20,23)/t9-/m0/s1. The first-order chi connectivity index (χ1) is 12.4. The van der Waals surface area contributed by atoms with Crippen molar-refractivity contribution >= 4 is 29.5 Å². The van der Waals surface area contributed by atoms with Gasteiger partial charge in [-0.25, -0.2) is 4.79 Å². The summed E-state index contributed by atoms with van der Waals surface area (Å²) in [5.74, 6) is -1.35. The summed E-state index contributed by atoms with van der Waals surface area (Å²) in [6, 6.07) is 4.06. The first-order valence-corrected chi connectivity index (χ1v) is 7.90. The minimum Gasteiger partial charge on any atom is -0.486 e. The van der Waals surface area contributed by atoms with Crippen LogP contribution in [0.1, 0.15) is 6.42 Å². The number of esters is 1. The zero-order valence-corrected chi connectivity index (χ0v) is 13.7. The summed E-state index contributed by atoms with van der Waals surface area (Å²) < 4.78 is 15.8. The number of primary amides is 1. The van der Waals surface area contributed by atoms with Gasteiger partial charge >= 0.3 is 12.0 Å². The van der Waals surface area contributed by atoms with Crippen LogP contribution in [0.5, 0.6) is 11.5 Å². The number of rotatable bonds is 4. The summed E-state index contributed by atoms with van der Waals surface area (Å²) in [7, 11) is 0. The van der Waals surface area contributed by atoms with Crippen LogP contribution >= 0.6 is 0 Å². The highest BCUT2D eigenvalue weighted by molar-refractivity contribution is 6.00. The molecule has 0 saturated carbocycles. The van der Waals surface area contributed by atoms with Gasteiger partial charge in [0.2, 0.25) is 5.91 Å². The molecule has 0 aromatic heterocycles. The van der Waals surface area contributed by atoms with Crippen LogP contribution in [0.2, 0.25) is 0 Å². The van der Waals surface area contributed by atoms with Crippen LogP contribution in [-0.2, 0) is 19.1 Å². The number of carbonyl (C=O) groups is 4. The number of amides is 4. The minimum atomic E-state index is -1.04. The first kappa shape index (κ1) is 17.5. The van der Waals surface area contributed by atoms with Crippen LogP contribution in [-0.4, -0.2) is 50.2 Å². The molecule has 0 aliphatic carbocycles. The highest BCUT2D eigenvalue weighted by atomic mass is 16.6. The topological polar surface area (TPSA) is 137 Å². The van der Waals surface area contributed by atoms with Crippen LogP contribution in [0.3, 0.4) is 0 Å². The molecule has 26 heavy (non-hydrogen) atoms. The van der Waals surface area contributed by atoms with Gasteiger partial charge in [-0.15, -0.1) is 0 Å². The van der Waals surface area contributed by atoms with Crippen LogP contribution in [0.15, 0.2) is 18.2 Å². The van der Waals surface area contributed by atoms with Crippen molar-refractivity contribution in [1.29, 1.82) is 0 Å². The van der Waals surface area contributed by atoms with Gasteiger partial charge < -0.3 is 24.8 Å². The maximum atomic E-state index is 12.2. The Morgan fingerprint density at radius 3 is 2.69 bits per heavy atom. The molecule has 1 fully saturated rings. The van der Waals surface area contributed by atoms with E-state index in [-0.39, 0.29) is 18.9 Å². The number of benzene rings is 1. The van der Waals surface area contributed by atoms with Gasteiger partial charge in [-0.2, -0.15) is 0 Å². The number of nitrogens with one attached hydrogen (secondary N) is 1. The molecule has 4 amide bonds. The highest BCUT2D eigenvalue weighted by Gasteiger charge is 2.36. The molecular formula is C16H17N3O7. The SMILES string of the molecule is NC(=O)NC(=O)COC(=O)[C@H]1CC(=O)N(c2ccc3c(c2)OCCO3)C1. The van der Waals surface area contributed by atoms with Gasteiger partial charge in [0, 0.05) is 24.7 Å². The van der Waals surface area contributed by atoms with Crippen molar-refractivity contribution in [3.05, 3.63) is 18.2 Å². The molecule has 1 saturated heterocycles. The Hall–Kier alpha value is -3.30. The number of nitrogens with two attached hydrogens (primary N) is 1. The Labute approximate surface area is 148 Å². The predicted molar refractivity (Wildman–Crippen MR) is 86.6 cm³/mol. The second-order valence-corrected chi connectivity index (χ2v) is 5.75. The maximum absolute atomic E-state index is 12.2. The Kier molecular flexibility index (Phi) is 4.92. The molecule has 10 heteroatoms. The number of fused-ring (bicyclic) bond motifs is 1. The monoisotopic (exact) mass is 363 g/mol. The summed E-state index contributed by atoms with van der Waals surface area (Å²) in [5, 5.41) is 1.78. The molecule has 1 aromatic rings. The van der Waals surface area contributed by atoms with Crippen LogP contribution < -0.4 is 25.4 Å². The number of hydrogen-bond donors (Lipinski definition) is 2. The fourth-order valence-corrected chi connectivity index (χ4v) is 2.74. The Bertz CT molecular complexity index is 764. The van der Waals surface area contributed by atoms with Gasteiger partial charge in [0.25, 0.3) is 5.91 Å². The molecule has 0 unspecified atom stereocenters. The average Bonchev–Trinajstić information content (AvgIpc) is 3.00. The summed E-state index contributed by atoms with van der Waals surface area (Å²) in [4.78, 5) is 47.5. The number of carbonyl (C=O) groups excluding carboxylic acids is 4. The molecule has 2 aliphatic heterocycles. The lowest BCUT2D eigenvalue weighted by atomic mass is 10.1. The molecule has 1 aromatic carbocycles. The van der Waals surface area contributed by atoms with Crippen molar-refractivity contribution in [1.82, 2.24) is 5.32 Å². The van der Waals surface area contributed by atoms with E-state index < -0.39 is 30.4 Å². The fourth-order valence-electron chi connectivity index (χ4n) is 2.74. The van der Waals surface area contributed by atoms with Crippen LogP contribution in [0, 0.1) is 5.92 Å². The van der Waals surface area contributed by atoms with Crippen LogP contribution in [0.25, 0.3) is 0 Å². The third-order valence-corrected chi connectivity index (χ3v) is 3.90. The molecule has 0 spiro atoms. The molecule has 2 aliphatic rings. The maximum Gasteiger partial charge on any atom is 0.318 e. The largest absolute Gasteiger partial charge is 0.486 e. The van der Waals surface area contributed by atoms with Crippen molar-refractivity contribution in [3.8, 4) is 11.5 Å². The van der Waals surface area contributed by atoms with Crippen molar-refractivity contribution in [2.45, 2.75) is 6.42 Å². The first-order valence-electron chi connectivity index (χ1n) is 7.90. The van der Waals surface area contributed by atoms with E-state index in [1.54, 1.807) is 23.5 Å². The van der Waals surface area contributed by atoms with Crippen molar-refractivity contribution in [2.24, 2.45) is 11.7 Å². The zero-order chi connectivity index (χ0) is 18.7. The van der Waals surface area contributed by atoms with E-state index in [1.807, 2.05) is 0 Å². The van der Waals surface area contributed by atoms with Crippen molar-refractivity contribution < 1.29 is 33.4 Å². The molecule has 1 atom stereocenters.